The summed E-state index contributed by atoms with van der Waals surface area (Å²) in [6.07, 6.45) is 4.28. The molecule has 2 heteroatoms. The van der Waals surface area contributed by atoms with Crippen LogP contribution in [0.5, 0.6) is 5.75 Å². The summed E-state index contributed by atoms with van der Waals surface area (Å²) in [6, 6.07) is 22.7. The van der Waals surface area contributed by atoms with E-state index in [1.54, 1.807) is 6.07 Å². The first-order valence-corrected chi connectivity index (χ1v) is 12.8. The van der Waals surface area contributed by atoms with Gasteiger partial charge in [-0.2, -0.15) is 0 Å². The number of hydrogen-bond donors (Lipinski definition) is 1. The molecular formula is C31H41ClO. The zero-order valence-electron chi connectivity index (χ0n) is 21.5. The molecule has 0 unspecified atom stereocenters. The van der Waals surface area contributed by atoms with Crippen LogP contribution in [0.25, 0.3) is 11.1 Å². The fourth-order valence-corrected chi connectivity index (χ4v) is 3.97. The van der Waals surface area contributed by atoms with E-state index in [0.717, 1.165) is 24.8 Å². The lowest BCUT2D eigenvalue weighted by atomic mass is 9.87. The highest BCUT2D eigenvalue weighted by atomic mass is 35.5. The Bertz CT molecular complexity index is 1000. The second-order valence-electron chi connectivity index (χ2n) is 7.60. The van der Waals surface area contributed by atoms with Crippen molar-refractivity contribution in [2.45, 2.75) is 74.1 Å². The predicted molar refractivity (Wildman–Crippen MR) is 148 cm³/mol. The van der Waals surface area contributed by atoms with E-state index in [-0.39, 0.29) is 5.75 Å². The first-order valence-electron chi connectivity index (χ1n) is 12.4. The molecule has 0 amide bonds. The molecule has 178 valence electrons. The number of aromatic hydroxyl groups is 1. The highest BCUT2D eigenvalue weighted by Crippen LogP contribution is 2.42. The van der Waals surface area contributed by atoms with Gasteiger partial charge in [0.2, 0.25) is 0 Å². The molecule has 0 saturated carbocycles. The van der Waals surface area contributed by atoms with Crippen molar-refractivity contribution in [1.82, 2.24) is 0 Å². The summed E-state index contributed by atoms with van der Waals surface area (Å²) in [5, 5.41) is 11.1. The molecule has 3 aromatic rings. The average Bonchev–Trinajstić information content (AvgIpc) is 3.02. The van der Waals surface area contributed by atoms with Gasteiger partial charge in [-0.05, 0) is 72.2 Å². The van der Waals surface area contributed by atoms with Gasteiger partial charge in [-0.15, -0.1) is 0 Å². The summed E-state index contributed by atoms with van der Waals surface area (Å²) in [5.74, 6) is 0.247. The third kappa shape index (κ3) is 7.79. The lowest BCUT2D eigenvalue weighted by molar-refractivity contribution is 0.473. The summed E-state index contributed by atoms with van der Waals surface area (Å²) in [5.41, 5.74) is 8.34. The van der Waals surface area contributed by atoms with E-state index in [1.165, 1.54) is 39.8 Å². The third-order valence-electron chi connectivity index (χ3n) is 5.09. The molecule has 1 aliphatic rings. The lowest BCUT2D eigenvalue weighted by Gasteiger charge is -2.17. The third-order valence-corrected chi connectivity index (χ3v) is 5.32. The van der Waals surface area contributed by atoms with Gasteiger partial charge in [-0.1, -0.05) is 114 Å². The Kier molecular flexibility index (Phi) is 13.3. The first-order chi connectivity index (χ1) is 16.0. The maximum Gasteiger partial charge on any atom is 0.124 e. The molecule has 1 aliphatic carbocycles. The molecule has 0 aliphatic heterocycles. The molecule has 0 bridgehead atoms. The summed E-state index contributed by atoms with van der Waals surface area (Å²) in [7, 11) is 0. The minimum atomic E-state index is 0.247. The van der Waals surface area contributed by atoms with E-state index >= 15 is 0 Å². The minimum absolute atomic E-state index is 0.247. The molecule has 0 heterocycles. The summed E-state index contributed by atoms with van der Waals surface area (Å²) >= 11 is 6.06. The van der Waals surface area contributed by atoms with Crippen molar-refractivity contribution in [2.24, 2.45) is 0 Å². The summed E-state index contributed by atoms with van der Waals surface area (Å²) in [6.45, 7) is 14.4. The molecule has 1 N–H and O–H groups in total. The minimum Gasteiger partial charge on any atom is -0.507 e. The van der Waals surface area contributed by atoms with Gasteiger partial charge in [-0.3, -0.25) is 0 Å². The first kappa shape index (κ1) is 28.5. The van der Waals surface area contributed by atoms with Crippen LogP contribution >= 0.6 is 11.6 Å². The highest BCUT2D eigenvalue weighted by Gasteiger charge is 2.21. The van der Waals surface area contributed by atoms with Gasteiger partial charge in [-0.25, -0.2) is 0 Å². The Morgan fingerprint density at radius 3 is 2.00 bits per heavy atom. The fourth-order valence-electron chi connectivity index (χ4n) is 3.80. The standard InChI is InChI=1S/C24H21ClO.C3H8.2C2H6/c1-16-9-11-18(12-10-16)24-20-7-3-2-5-17(20)6-4-8-22(24)21-14-13-19(25)15-23(21)26;1-3-2;2*1-2/h2-3,5,7,9-15,26H,4,6,8H2,1H3;3H2,1-2H3;2*1-2H3. The molecular weight excluding hydrogens is 424 g/mol. The number of fused-ring (bicyclic) bond motifs is 1. The molecule has 0 radical (unpaired) electrons. The highest BCUT2D eigenvalue weighted by molar-refractivity contribution is 6.30. The number of rotatable bonds is 2. The zero-order chi connectivity index (χ0) is 24.8. The van der Waals surface area contributed by atoms with Crippen LogP contribution in [-0.2, 0) is 6.42 Å². The molecule has 3 aromatic carbocycles. The quantitative estimate of drug-likeness (QED) is 0.399. The Hall–Kier alpha value is -2.51. The number of benzene rings is 3. The molecule has 0 atom stereocenters. The Labute approximate surface area is 207 Å². The molecule has 33 heavy (non-hydrogen) atoms. The van der Waals surface area contributed by atoms with E-state index in [9.17, 15) is 5.11 Å². The van der Waals surface area contributed by atoms with Crippen LogP contribution in [0, 0.1) is 6.92 Å². The van der Waals surface area contributed by atoms with E-state index in [4.69, 9.17) is 11.6 Å². The van der Waals surface area contributed by atoms with Crippen LogP contribution in [0.1, 0.15) is 88.6 Å². The lowest BCUT2D eigenvalue weighted by Crippen LogP contribution is -1.96. The maximum atomic E-state index is 10.6. The van der Waals surface area contributed by atoms with Crippen molar-refractivity contribution in [2.75, 3.05) is 0 Å². The van der Waals surface area contributed by atoms with E-state index in [0.29, 0.717) is 5.02 Å². The number of aryl methyl sites for hydroxylation is 2. The molecule has 1 nitrogen and oxygen atoms in total. The molecule has 0 saturated heterocycles. The van der Waals surface area contributed by atoms with Gasteiger partial charge < -0.3 is 5.11 Å². The SMILES string of the molecule is CC.CC.CCC.Cc1ccc(C2=C(c3ccc(Cl)cc3O)CCCc3ccccc32)cc1. The Morgan fingerprint density at radius 1 is 0.788 bits per heavy atom. The van der Waals surface area contributed by atoms with Gasteiger partial charge in [0.1, 0.15) is 5.75 Å². The van der Waals surface area contributed by atoms with Gasteiger partial charge in [0.15, 0.2) is 0 Å². The molecule has 4 rings (SSSR count). The maximum absolute atomic E-state index is 10.6. The normalized spacial score (nSPS) is 12.0. The second-order valence-corrected chi connectivity index (χ2v) is 8.04. The van der Waals surface area contributed by atoms with Gasteiger partial charge >= 0.3 is 0 Å². The average molecular weight is 465 g/mol. The van der Waals surface area contributed by atoms with Crippen LogP contribution < -0.4 is 0 Å². The van der Waals surface area contributed by atoms with Gasteiger partial charge in [0, 0.05) is 10.6 Å². The van der Waals surface area contributed by atoms with Crippen LogP contribution in [0.15, 0.2) is 66.7 Å². The van der Waals surface area contributed by atoms with Crippen LogP contribution in [0.4, 0.5) is 0 Å². The van der Waals surface area contributed by atoms with Crippen LogP contribution in [0.3, 0.4) is 0 Å². The molecule has 0 fully saturated rings. The van der Waals surface area contributed by atoms with Crippen LogP contribution in [0.2, 0.25) is 5.02 Å². The molecule has 0 aromatic heterocycles. The van der Waals surface area contributed by atoms with E-state index in [2.05, 4.69) is 69.3 Å². The fraction of sp³-hybridized carbons (Fsp3) is 0.355. The topological polar surface area (TPSA) is 20.2 Å². The largest absolute Gasteiger partial charge is 0.507 e. The van der Waals surface area contributed by atoms with Crippen molar-refractivity contribution in [3.63, 3.8) is 0 Å². The van der Waals surface area contributed by atoms with Gasteiger partial charge in [0.25, 0.3) is 0 Å². The van der Waals surface area contributed by atoms with Crippen LogP contribution in [-0.4, -0.2) is 5.11 Å². The monoisotopic (exact) mass is 464 g/mol. The van der Waals surface area contributed by atoms with Crippen molar-refractivity contribution in [3.05, 3.63) is 99.6 Å². The smallest absolute Gasteiger partial charge is 0.124 e. The zero-order valence-corrected chi connectivity index (χ0v) is 22.3. The predicted octanol–water partition coefficient (Wildman–Crippen LogP) is 10.1. The number of phenolic OH excluding ortho intramolecular Hbond substituents is 1. The summed E-state index contributed by atoms with van der Waals surface area (Å²) < 4.78 is 0. The van der Waals surface area contributed by atoms with Crippen molar-refractivity contribution in [1.29, 1.82) is 0 Å². The number of allylic oxidation sites excluding steroid dienone is 1. The van der Waals surface area contributed by atoms with E-state index in [1.807, 2.05) is 39.8 Å². The number of phenols is 1. The molecule has 0 spiro atoms. The van der Waals surface area contributed by atoms with E-state index < -0.39 is 0 Å². The van der Waals surface area contributed by atoms with Crippen molar-refractivity contribution >= 4 is 22.7 Å². The summed E-state index contributed by atoms with van der Waals surface area (Å²) in [4.78, 5) is 0. The Balaban J connectivity index is 0.000000705. The number of halogens is 1. The van der Waals surface area contributed by atoms with Crippen molar-refractivity contribution in [3.8, 4) is 5.75 Å². The van der Waals surface area contributed by atoms with Crippen molar-refractivity contribution < 1.29 is 5.11 Å². The second kappa shape index (κ2) is 15.3. The Morgan fingerprint density at radius 2 is 1.39 bits per heavy atom. The number of hydrogen-bond acceptors (Lipinski definition) is 1. The van der Waals surface area contributed by atoms with Gasteiger partial charge in [0.05, 0.1) is 0 Å².